The standard InChI is InChI=1S/C14H20N2O4/c1-4-6-10(14(18)19)16-13(17)12-11(20-9(2)3)7-5-8-15-12/h5,7-10H,4,6H2,1-3H3,(H,16,17)(H,18,19). The molecule has 0 saturated carbocycles. The molecule has 6 heteroatoms. The fourth-order valence-corrected chi connectivity index (χ4v) is 1.68. The lowest BCUT2D eigenvalue weighted by molar-refractivity contribution is -0.139. The Bertz CT molecular complexity index is 474. The molecular weight excluding hydrogens is 260 g/mol. The molecule has 20 heavy (non-hydrogen) atoms. The molecular formula is C14H20N2O4. The molecule has 1 rings (SSSR count). The van der Waals surface area contributed by atoms with Crippen molar-refractivity contribution in [1.82, 2.24) is 10.3 Å². The van der Waals surface area contributed by atoms with Gasteiger partial charge in [0.1, 0.15) is 6.04 Å². The van der Waals surface area contributed by atoms with E-state index in [9.17, 15) is 9.59 Å². The molecule has 0 aliphatic carbocycles. The van der Waals surface area contributed by atoms with Crippen molar-refractivity contribution < 1.29 is 19.4 Å². The third kappa shape index (κ3) is 4.53. The summed E-state index contributed by atoms with van der Waals surface area (Å²) in [6, 6.07) is 2.38. The molecule has 0 aliphatic rings. The van der Waals surface area contributed by atoms with Gasteiger partial charge in [0.15, 0.2) is 11.4 Å². The van der Waals surface area contributed by atoms with Crippen LogP contribution in [0.15, 0.2) is 18.3 Å². The average Bonchev–Trinajstić information content (AvgIpc) is 2.37. The number of ether oxygens (including phenoxy) is 1. The Kier molecular flexibility index (Phi) is 5.96. The normalized spacial score (nSPS) is 12.0. The molecule has 0 saturated heterocycles. The Hall–Kier alpha value is -2.11. The van der Waals surface area contributed by atoms with E-state index in [2.05, 4.69) is 10.3 Å². The minimum atomic E-state index is -1.05. The Morgan fingerprint density at radius 2 is 2.15 bits per heavy atom. The van der Waals surface area contributed by atoms with Crippen LogP contribution in [0.1, 0.15) is 44.1 Å². The van der Waals surface area contributed by atoms with Gasteiger partial charge in [-0.1, -0.05) is 13.3 Å². The fraction of sp³-hybridized carbons (Fsp3) is 0.500. The predicted molar refractivity (Wildman–Crippen MR) is 73.8 cm³/mol. The van der Waals surface area contributed by atoms with Crippen LogP contribution >= 0.6 is 0 Å². The topological polar surface area (TPSA) is 88.5 Å². The number of carboxylic acids is 1. The van der Waals surface area contributed by atoms with Crippen LogP contribution in [0.4, 0.5) is 0 Å². The summed E-state index contributed by atoms with van der Waals surface area (Å²) in [5, 5.41) is 11.5. The van der Waals surface area contributed by atoms with E-state index in [0.29, 0.717) is 18.6 Å². The van der Waals surface area contributed by atoms with Gasteiger partial charge in [-0.2, -0.15) is 0 Å². The van der Waals surface area contributed by atoms with E-state index >= 15 is 0 Å². The summed E-state index contributed by atoms with van der Waals surface area (Å²) in [7, 11) is 0. The monoisotopic (exact) mass is 280 g/mol. The van der Waals surface area contributed by atoms with Gasteiger partial charge in [0.2, 0.25) is 0 Å². The summed E-state index contributed by atoms with van der Waals surface area (Å²) in [6.07, 6.45) is 2.40. The smallest absolute Gasteiger partial charge is 0.326 e. The Morgan fingerprint density at radius 3 is 2.70 bits per heavy atom. The molecule has 0 spiro atoms. The molecule has 6 nitrogen and oxygen atoms in total. The van der Waals surface area contributed by atoms with Gasteiger partial charge in [0.25, 0.3) is 5.91 Å². The average molecular weight is 280 g/mol. The van der Waals surface area contributed by atoms with E-state index in [1.807, 2.05) is 20.8 Å². The second kappa shape index (κ2) is 7.47. The van der Waals surface area contributed by atoms with Crippen LogP contribution in [0, 0.1) is 0 Å². The zero-order valence-corrected chi connectivity index (χ0v) is 11.9. The van der Waals surface area contributed by atoms with E-state index < -0.39 is 17.9 Å². The number of nitrogens with one attached hydrogen (secondary N) is 1. The maximum atomic E-state index is 12.1. The second-order valence-corrected chi connectivity index (χ2v) is 4.67. The van der Waals surface area contributed by atoms with E-state index in [-0.39, 0.29) is 11.8 Å². The first kappa shape index (κ1) is 15.9. The molecule has 1 amide bonds. The van der Waals surface area contributed by atoms with Gasteiger partial charge in [0.05, 0.1) is 6.10 Å². The number of rotatable bonds is 7. The van der Waals surface area contributed by atoms with Crippen LogP contribution in [0.5, 0.6) is 5.75 Å². The molecule has 1 unspecified atom stereocenters. The minimum absolute atomic E-state index is 0.100. The quantitative estimate of drug-likeness (QED) is 0.795. The van der Waals surface area contributed by atoms with E-state index in [1.165, 1.54) is 6.20 Å². The summed E-state index contributed by atoms with van der Waals surface area (Å²) >= 11 is 0. The molecule has 0 radical (unpaired) electrons. The highest BCUT2D eigenvalue weighted by Crippen LogP contribution is 2.17. The number of carbonyl (C=O) groups excluding carboxylic acids is 1. The summed E-state index contributed by atoms with van der Waals surface area (Å²) in [4.78, 5) is 27.1. The van der Waals surface area contributed by atoms with Gasteiger partial charge in [-0.25, -0.2) is 9.78 Å². The Morgan fingerprint density at radius 1 is 1.45 bits per heavy atom. The molecule has 1 aromatic heterocycles. The number of pyridine rings is 1. The summed E-state index contributed by atoms with van der Waals surface area (Å²) in [5.41, 5.74) is 0.101. The molecule has 0 fully saturated rings. The summed E-state index contributed by atoms with van der Waals surface area (Å²) in [5.74, 6) is -1.25. The molecule has 1 aromatic rings. The Balaban J connectivity index is 2.88. The SMILES string of the molecule is CCCC(NC(=O)c1ncccc1OC(C)C)C(=O)O. The van der Waals surface area contributed by atoms with Crippen molar-refractivity contribution in [2.75, 3.05) is 0 Å². The molecule has 1 atom stereocenters. The van der Waals surface area contributed by atoms with E-state index in [1.54, 1.807) is 12.1 Å². The number of carboxylic acid groups (broad SMARTS) is 1. The number of amides is 1. The number of hydrogen-bond donors (Lipinski definition) is 2. The van der Waals surface area contributed by atoms with Gasteiger partial charge < -0.3 is 15.2 Å². The predicted octanol–water partition coefficient (Wildman–Crippen LogP) is 1.85. The first-order valence-corrected chi connectivity index (χ1v) is 6.61. The van der Waals surface area contributed by atoms with Crippen molar-refractivity contribution in [1.29, 1.82) is 0 Å². The molecule has 110 valence electrons. The molecule has 0 aromatic carbocycles. The fourth-order valence-electron chi connectivity index (χ4n) is 1.68. The maximum absolute atomic E-state index is 12.1. The minimum Gasteiger partial charge on any atom is -0.489 e. The first-order chi connectivity index (χ1) is 9.45. The summed E-state index contributed by atoms with van der Waals surface area (Å²) < 4.78 is 5.50. The third-order valence-electron chi connectivity index (χ3n) is 2.53. The van der Waals surface area contributed by atoms with Gasteiger partial charge in [-0.05, 0) is 32.4 Å². The van der Waals surface area contributed by atoms with Crippen LogP contribution in [-0.2, 0) is 4.79 Å². The lowest BCUT2D eigenvalue weighted by Crippen LogP contribution is -2.41. The van der Waals surface area contributed by atoms with Crippen molar-refractivity contribution in [3.8, 4) is 5.75 Å². The van der Waals surface area contributed by atoms with Gasteiger partial charge in [0, 0.05) is 6.20 Å². The number of hydrogen-bond acceptors (Lipinski definition) is 4. The molecule has 2 N–H and O–H groups in total. The van der Waals surface area contributed by atoms with Gasteiger partial charge >= 0.3 is 5.97 Å². The van der Waals surface area contributed by atoms with Crippen molar-refractivity contribution in [3.05, 3.63) is 24.0 Å². The lowest BCUT2D eigenvalue weighted by atomic mass is 10.1. The number of carbonyl (C=O) groups is 2. The highest BCUT2D eigenvalue weighted by atomic mass is 16.5. The third-order valence-corrected chi connectivity index (χ3v) is 2.53. The number of aliphatic carboxylic acids is 1. The maximum Gasteiger partial charge on any atom is 0.326 e. The van der Waals surface area contributed by atoms with Crippen molar-refractivity contribution in [2.24, 2.45) is 0 Å². The largest absolute Gasteiger partial charge is 0.489 e. The van der Waals surface area contributed by atoms with E-state index in [0.717, 1.165) is 0 Å². The lowest BCUT2D eigenvalue weighted by Gasteiger charge is -2.16. The summed E-state index contributed by atoms with van der Waals surface area (Å²) in [6.45, 7) is 5.54. The Labute approximate surface area is 118 Å². The second-order valence-electron chi connectivity index (χ2n) is 4.67. The van der Waals surface area contributed by atoms with Crippen LogP contribution in [0.2, 0.25) is 0 Å². The van der Waals surface area contributed by atoms with Crippen molar-refractivity contribution in [3.63, 3.8) is 0 Å². The van der Waals surface area contributed by atoms with Crippen LogP contribution < -0.4 is 10.1 Å². The van der Waals surface area contributed by atoms with Crippen LogP contribution in [0.25, 0.3) is 0 Å². The number of nitrogens with zero attached hydrogens (tertiary/aromatic N) is 1. The zero-order chi connectivity index (χ0) is 15.1. The zero-order valence-electron chi connectivity index (χ0n) is 11.9. The molecule has 0 aliphatic heterocycles. The molecule has 1 heterocycles. The highest BCUT2D eigenvalue weighted by Gasteiger charge is 2.22. The van der Waals surface area contributed by atoms with Gasteiger partial charge in [-0.15, -0.1) is 0 Å². The number of aromatic nitrogens is 1. The van der Waals surface area contributed by atoms with E-state index in [4.69, 9.17) is 9.84 Å². The highest BCUT2D eigenvalue weighted by molar-refractivity contribution is 5.97. The van der Waals surface area contributed by atoms with Crippen molar-refractivity contribution >= 4 is 11.9 Å². The first-order valence-electron chi connectivity index (χ1n) is 6.61. The van der Waals surface area contributed by atoms with Gasteiger partial charge in [-0.3, -0.25) is 4.79 Å². The molecule has 0 bridgehead atoms. The van der Waals surface area contributed by atoms with Crippen LogP contribution in [-0.4, -0.2) is 34.1 Å². The van der Waals surface area contributed by atoms with Crippen LogP contribution in [0.3, 0.4) is 0 Å². The van der Waals surface area contributed by atoms with Crippen molar-refractivity contribution in [2.45, 2.75) is 45.8 Å².